The number of hydrogen-bond donors (Lipinski definition) is 0. The lowest BCUT2D eigenvalue weighted by Crippen LogP contribution is -2.12. The first kappa shape index (κ1) is 15.2. The lowest BCUT2D eigenvalue weighted by Gasteiger charge is -2.11. The molecule has 124 valence electrons. The number of nitrogens with zero attached hydrogens (tertiary/aromatic N) is 2. The molecule has 0 saturated heterocycles. The van der Waals surface area contributed by atoms with Crippen LogP contribution in [0.5, 0.6) is 5.88 Å². The lowest BCUT2D eigenvalue weighted by atomic mass is 10.1. The van der Waals surface area contributed by atoms with E-state index in [2.05, 4.69) is 4.98 Å². The fraction of sp³-hybridized carbons (Fsp3) is 0.278. The van der Waals surface area contributed by atoms with Gasteiger partial charge in [0.2, 0.25) is 5.88 Å². The van der Waals surface area contributed by atoms with Crippen LogP contribution in [-0.2, 0) is 10.0 Å². The molecule has 1 aromatic carbocycles. The van der Waals surface area contributed by atoms with E-state index < -0.39 is 10.0 Å². The summed E-state index contributed by atoms with van der Waals surface area (Å²) in [5, 5.41) is 0.903. The van der Waals surface area contributed by atoms with Crippen LogP contribution in [0.15, 0.2) is 47.6 Å². The fourth-order valence-corrected chi connectivity index (χ4v) is 4.35. The van der Waals surface area contributed by atoms with E-state index in [-0.39, 0.29) is 4.90 Å². The van der Waals surface area contributed by atoms with Gasteiger partial charge < -0.3 is 4.74 Å². The molecule has 24 heavy (non-hydrogen) atoms. The van der Waals surface area contributed by atoms with Gasteiger partial charge in [0, 0.05) is 17.8 Å². The summed E-state index contributed by atoms with van der Waals surface area (Å²) < 4.78 is 32.7. The van der Waals surface area contributed by atoms with E-state index in [9.17, 15) is 8.42 Å². The van der Waals surface area contributed by atoms with Crippen molar-refractivity contribution in [3.05, 3.63) is 53.9 Å². The second kappa shape index (κ2) is 5.34. The number of methoxy groups -OCH3 is 1. The lowest BCUT2D eigenvalue weighted by molar-refractivity contribution is 0.402. The maximum atomic E-state index is 13.1. The Bertz CT molecular complexity index is 1020. The van der Waals surface area contributed by atoms with Crippen molar-refractivity contribution in [1.29, 1.82) is 0 Å². The molecule has 4 rings (SSSR count). The highest BCUT2D eigenvalue weighted by Gasteiger charge is 2.29. The van der Waals surface area contributed by atoms with Crippen LogP contribution in [0, 0.1) is 6.92 Å². The van der Waals surface area contributed by atoms with Crippen LogP contribution in [0.4, 0.5) is 0 Å². The third-order valence-electron chi connectivity index (χ3n) is 4.47. The smallest absolute Gasteiger partial charge is 0.268 e. The predicted molar refractivity (Wildman–Crippen MR) is 92.0 cm³/mol. The second-order valence-corrected chi connectivity index (χ2v) is 8.00. The number of rotatable bonds is 4. The Morgan fingerprint density at radius 2 is 1.88 bits per heavy atom. The highest BCUT2D eigenvalue weighted by atomic mass is 32.2. The second-order valence-electron chi connectivity index (χ2n) is 6.19. The summed E-state index contributed by atoms with van der Waals surface area (Å²) >= 11 is 0. The first-order valence-corrected chi connectivity index (χ1v) is 9.32. The van der Waals surface area contributed by atoms with Gasteiger partial charge in [-0.25, -0.2) is 17.4 Å². The SMILES string of the molecule is COc1ncc(C2CC2)c2ccn(S(=O)(=O)c3ccc(C)cc3)c12. The van der Waals surface area contributed by atoms with Gasteiger partial charge in [0.05, 0.1) is 12.0 Å². The summed E-state index contributed by atoms with van der Waals surface area (Å²) in [6, 6.07) is 8.69. The fourth-order valence-electron chi connectivity index (χ4n) is 3.01. The van der Waals surface area contributed by atoms with Gasteiger partial charge in [0.1, 0.15) is 5.52 Å². The third-order valence-corrected chi connectivity index (χ3v) is 6.16. The van der Waals surface area contributed by atoms with Crippen LogP contribution < -0.4 is 4.74 Å². The van der Waals surface area contributed by atoms with E-state index in [1.807, 2.05) is 19.2 Å². The Kier molecular flexibility index (Phi) is 3.38. The molecule has 2 heterocycles. The van der Waals surface area contributed by atoms with E-state index in [1.165, 1.54) is 11.1 Å². The van der Waals surface area contributed by atoms with Gasteiger partial charge in [-0.05, 0) is 49.4 Å². The van der Waals surface area contributed by atoms with E-state index >= 15 is 0 Å². The van der Waals surface area contributed by atoms with Gasteiger partial charge in [-0.3, -0.25) is 0 Å². The van der Waals surface area contributed by atoms with Crippen LogP contribution in [-0.4, -0.2) is 24.5 Å². The van der Waals surface area contributed by atoms with E-state index in [0.717, 1.165) is 29.4 Å². The normalized spacial score (nSPS) is 14.9. The Labute approximate surface area is 141 Å². The van der Waals surface area contributed by atoms with E-state index in [0.29, 0.717) is 17.3 Å². The molecule has 0 spiro atoms. The molecule has 6 heteroatoms. The average molecular weight is 342 g/mol. The van der Waals surface area contributed by atoms with Gasteiger partial charge in [0.15, 0.2) is 0 Å². The van der Waals surface area contributed by atoms with Crippen molar-refractivity contribution in [3.8, 4) is 5.88 Å². The molecule has 2 aromatic heterocycles. The number of aromatic nitrogens is 2. The predicted octanol–water partition coefficient (Wildman–Crippen LogP) is 3.47. The topological polar surface area (TPSA) is 61.2 Å². The summed E-state index contributed by atoms with van der Waals surface area (Å²) in [5.41, 5.74) is 2.63. The zero-order valence-electron chi connectivity index (χ0n) is 13.6. The highest BCUT2D eigenvalue weighted by Crippen LogP contribution is 2.44. The summed E-state index contributed by atoms with van der Waals surface area (Å²) in [4.78, 5) is 4.59. The van der Waals surface area contributed by atoms with E-state index in [1.54, 1.807) is 30.5 Å². The van der Waals surface area contributed by atoms with Gasteiger partial charge in [-0.2, -0.15) is 0 Å². The molecule has 5 nitrogen and oxygen atoms in total. The number of benzene rings is 1. The van der Waals surface area contributed by atoms with Crippen LogP contribution in [0.2, 0.25) is 0 Å². The maximum absolute atomic E-state index is 13.1. The summed E-state index contributed by atoms with van der Waals surface area (Å²) in [6.45, 7) is 1.93. The first-order chi connectivity index (χ1) is 11.5. The number of aryl methyl sites for hydroxylation is 1. The molecule has 0 unspecified atom stereocenters. The Hall–Kier alpha value is -2.34. The van der Waals surface area contributed by atoms with Crippen molar-refractivity contribution in [2.24, 2.45) is 0 Å². The van der Waals surface area contributed by atoms with Gasteiger partial charge in [0.25, 0.3) is 10.0 Å². The number of pyridine rings is 1. The zero-order valence-corrected chi connectivity index (χ0v) is 14.4. The van der Waals surface area contributed by atoms with Crippen molar-refractivity contribution in [3.63, 3.8) is 0 Å². The van der Waals surface area contributed by atoms with Gasteiger partial charge in [-0.15, -0.1) is 0 Å². The van der Waals surface area contributed by atoms with Gasteiger partial charge >= 0.3 is 0 Å². The molecule has 0 bridgehead atoms. The van der Waals surface area contributed by atoms with Crippen molar-refractivity contribution in [2.75, 3.05) is 7.11 Å². The van der Waals surface area contributed by atoms with Gasteiger partial charge in [-0.1, -0.05) is 17.7 Å². The summed E-state index contributed by atoms with van der Waals surface area (Å²) in [5.74, 6) is 0.805. The van der Waals surface area contributed by atoms with E-state index in [4.69, 9.17) is 4.74 Å². The zero-order chi connectivity index (χ0) is 16.9. The minimum atomic E-state index is -3.70. The number of ether oxygens (including phenoxy) is 1. The van der Waals surface area contributed by atoms with Crippen molar-refractivity contribution in [2.45, 2.75) is 30.6 Å². The Balaban J connectivity index is 1.96. The molecule has 1 aliphatic rings. The monoisotopic (exact) mass is 342 g/mol. The molecule has 0 aliphatic heterocycles. The molecular weight excluding hydrogens is 324 g/mol. The molecule has 1 fully saturated rings. The summed E-state index contributed by atoms with van der Waals surface area (Å²) in [6.07, 6.45) is 5.65. The van der Waals surface area contributed by atoms with Crippen LogP contribution in [0.1, 0.15) is 29.9 Å². The number of hydrogen-bond acceptors (Lipinski definition) is 4. The first-order valence-electron chi connectivity index (χ1n) is 7.88. The molecule has 1 saturated carbocycles. The number of fused-ring (bicyclic) bond motifs is 1. The average Bonchev–Trinajstić information content (AvgIpc) is 3.31. The highest BCUT2D eigenvalue weighted by molar-refractivity contribution is 7.90. The van der Waals surface area contributed by atoms with Crippen molar-refractivity contribution in [1.82, 2.24) is 8.96 Å². The third kappa shape index (κ3) is 2.29. The van der Waals surface area contributed by atoms with Crippen LogP contribution in [0.3, 0.4) is 0 Å². The molecule has 0 amide bonds. The van der Waals surface area contributed by atoms with Crippen LogP contribution >= 0.6 is 0 Å². The molecular formula is C18H18N2O3S. The molecule has 1 aliphatic carbocycles. The summed E-state index contributed by atoms with van der Waals surface area (Å²) in [7, 11) is -2.19. The molecule has 0 atom stereocenters. The Morgan fingerprint density at radius 3 is 2.50 bits per heavy atom. The van der Waals surface area contributed by atoms with Crippen LogP contribution in [0.25, 0.3) is 10.9 Å². The van der Waals surface area contributed by atoms with Crippen molar-refractivity contribution >= 4 is 20.9 Å². The maximum Gasteiger partial charge on any atom is 0.268 e. The minimum Gasteiger partial charge on any atom is -0.479 e. The Morgan fingerprint density at radius 1 is 1.17 bits per heavy atom. The minimum absolute atomic E-state index is 0.254. The largest absolute Gasteiger partial charge is 0.479 e. The molecule has 0 radical (unpaired) electrons. The van der Waals surface area contributed by atoms with Crippen molar-refractivity contribution < 1.29 is 13.2 Å². The molecule has 3 aromatic rings. The standard InChI is InChI=1S/C18H18N2O3S/c1-12-3-7-14(8-4-12)24(21,22)20-10-9-15-16(13-5-6-13)11-19-18(23-2)17(15)20/h3-4,7-11,13H,5-6H2,1-2H3. The molecule has 0 N–H and O–H groups in total. The quantitative estimate of drug-likeness (QED) is 0.728.